The predicted octanol–water partition coefficient (Wildman–Crippen LogP) is 3.20. The van der Waals surface area contributed by atoms with Gasteiger partial charge in [-0.2, -0.15) is 0 Å². The first-order valence-electron chi connectivity index (χ1n) is 6.17. The zero-order valence-electron chi connectivity index (χ0n) is 10.9. The van der Waals surface area contributed by atoms with E-state index in [1.807, 2.05) is 32.4 Å². The minimum atomic E-state index is -3.12. The van der Waals surface area contributed by atoms with Crippen LogP contribution in [0.3, 0.4) is 0 Å². The second-order valence-electron chi connectivity index (χ2n) is 4.16. The fraction of sp³-hybridized carbons (Fsp3) is 0.500. The molecule has 1 aromatic carbocycles. The molecule has 0 amide bonds. The molecule has 0 spiro atoms. The molecule has 0 aliphatic heterocycles. The van der Waals surface area contributed by atoms with Gasteiger partial charge >= 0.3 is 0 Å². The van der Waals surface area contributed by atoms with Gasteiger partial charge in [0.2, 0.25) is 0 Å². The highest BCUT2D eigenvalue weighted by atomic mass is 32.2. The summed E-state index contributed by atoms with van der Waals surface area (Å²) < 4.78 is 24.3. The predicted molar refractivity (Wildman–Crippen MR) is 71.8 cm³/mol. The summed E-state index contributed by atoms with van der Waals surface area (Å²) in [5.41, 5.74) is 2.14. The van der Waals surface area contributed by atoms with Crippen LogP contribution < -0.4 is 0 Å². The van der Waals surface area contributed by atoms with E-state index in [2.05, 4.69) is 6.92 Å². The van der Waals surface area contributed by atoms with Gasteiger partial charge in [0.05, 0.1) is 10.6 Å². The lowest BCUT2D eigenvalue weighted by molar-refractivity contribution is 0.594. The topological polar surface area (TPSA) is 34.1 Å². The first kappa shape index (κ1) is 14.2. The summed E-state index contributed by atoms with van der Waals surface area (Å²) >= 11 is 0. The second-order valence-corrected chi connectivity index (χ2v) is 6.24. The maximum Gasteiger partial charge on any atom is 0.178 e. The summed E-state index contributed by atoms with van der Waals surface area (Å²) in [7, 11) is -3.12. The quantitative estimate of drug-likeness (QED) is 0.780. The highest BCUT2D eigenvalue weighted by Crippen LogP contribution is 2.20. The molecule has 0 aliphatic carbocycles. The molecule has 1 aromatic rings. The van der Waals surface area contributed by atoms with Gasteiger partial charge in [-0.15, -0.1) is 0 Å². The van der Waals surface area contributed by atoms with E-state index in [9.17, 15) is 8.42 Å². The van der Waals surface area contributed by atoms with Crippen molar-refractivity contribution in [2.75, 3.05) is 5.75 Å². The Hall–Kier alpha value is -0.830. The summed E-state index contributed by atoms with van der Waals surface area (Å²) in [5, 5.41) is 0. The van der Waals surface area contributed by atoms with E-state index in [1.165, 1.54) is 5.56 Å². The molecule has 0 saturated carbocycles. The maximum atomic E-state index is 12.2. The third kappa shape index (κ3) is 3.56. The Kier molecular flexibility index (Phi) is 5.19. The Balaban J connectivity index is 3.12. The van der Waals surface area contributed by atoms with Gasteiger partial charge in [0.1, 0.15) is 0 Å². The number of rotatable bonds is 6. The van der Waals surface area contributed by atoms with Crippen LogP contribution in [-0.4, -0.2) is 14.2 Å². The molecule has 0 heterocycles. The summed E-state index contributed by atoms with van der Waals surface area (Å²) in [4.78, 5) is 0.513. The Morgan fingerprint density at radius 1 is 1.18 bits per heavy atom. The smallest absolute Gasteiger partial charge is 0.178 e. The van der Waals surface area contributed by atoms with Crippen molar-refractivity contribution in [1.82, 2.24) is 0 Å². The second kappa shape index (κ2) is 6.20. The van der Waals surface area contributed by atoms with Crippen LogP contribution in [0.1, 0.15) is 38.3 Å². The van der Waals surface area contributed by atoms with Crippen molar-refractivity contribution >= 4 is 9.84 Å². The number of benzene rings is 1. The minimum absolute atomic E-state index is 0.210. The van der Waals surface area contributed by atoms with Gasteiger partial charge in [-0.3, -0.25) is 0 Å². The summed E-state index contributed by atoms with van der Waals surface area (Å²) in [6, 6.07) is 5.70. The largest absolute Gasteiger partial charge is 0.224 e. The normalized spacial score (nSPS) is 11.7. The maximum absolute atomic E-state index is 12.2. The molecule has 17 heavy (non-hydrogen) atoms. The average molecular weight is 253 g/mol. The molecule has 0 bridgehead atoms. The molecule has 1 radical (unpaired) electrons. The van der Waals surface area contributed by atoms with Crippen LogP contribution >= 0.6 is 0 Å². The number of sulfone groups is 1. The molecule has 0 aromatic heterocycles. The Morgan fingerprint density at radius 3 is 2.41 bits per heavy atom. The molecule has 0 saturated heterocycles. The van der Waals surface area contributed by atoms with E-state index in [0.717, 1.165) is 18.4 Å². The standard InChI is InChI=1S/C14H21O2S/c1-4-7-10-17(15,16)14-9-8-12(5-2)11-13(14)6-3/h4,8-9,11H,5-7,10H2,1-3H3. The number of unbranched alkanes of at least 4 members (excludes halogenated alkanes) is 1. The fourth-order valence-corrected chi connectivity index (χ4v) is 3.46. The van der Waals surface area contributed by atoms with Gasteiger partial charge in [-0.25, -0.2) is 8.42 Å². The summed E-state index contributed by atoms with van der Waals surface area (Å²) in [6.45, 7) is 5.96. The fourth-order valence-electron chi connectivity index (χ4n) is 1.82. The van der Waals surface area contributed by atoms with Crippen molar-refractivity contribution < 1.29 is 8.42 Å². The lowest BCUT2D eigenvalue weighted by Gasteiger charge is -2.10. The molecule has 3 heteroatoms. The van der Waals surface area contributed by atoms with Crippen molar-refractivity contribution in [2.45, 2.75) is 44.9 Å². The first-order chi connectivity index (χ1) is 8.05. The van der Waals surface area contributed by atoms with Crippen LogP contribution in [0.5, 0.6) is 0 Å². The number of hydrogen-bond donors (Lipinski definition) is 0. The van der Waals surface area contributed by atoms with Gasteiger partial charge < -0.3 is 0 Å². The van der Waals surface area contributed by atoms with Crippen LogP contribution in [0.25, 0.3) is 0 Å². The van der Waals surface area contributed by atoms with E-state index in [-0.39, 0.29) is 5.75 Å². The molecule has 95 valence electrons. The van der Waals surface area contributed by atoms with Crippen LogP contribution in [0.15, 0.2) is 23.1 Å². The van der Waals surface area contributed by atoms with Crippen molar-refractivity contribution in [3.05, 3.63) is 35.7 Å². The minimum Gasteiger partial charge on any atom is -0.224 e. The Morgan fingerprint density at radius 2 is 1.88 bits per heavy atom. The molecular weight excluding hydrogens is 232 g/mol. The van der Waals surface area contributed by atoms with Crippen molar-refractivity contribution in [3.8, 4) is 0 Å². The van der Waals surface area contributed by atoms with E-state index in [4.69, 9.17) is 0 Å². The highest BCUT2D eigenvalue weighted by molar-refractivity contribution is 7.91. The third-order valence-electron chi connectivity index (χ3n) is 2.92. The van der Waals surface area contributed by atoms with E-state index >= 15 is 0 Å². The zero-order chi connectivity index (χ0) is 12.9. The lowest BCUT2D eigenvalue weighted by Crippen LogP contribution is -2.09. The van der Waals surface area contributed by atoms with E-state index in [1.54, 1.807) is 6.07 Å². The highest BCUT2D eigenvalue weighted by Gasteiger charge is 2.17. The lowest BCUT2D eigenvalue weighted by atomic mass is 10.1. The Labute approximate surface area is 105 Å². The van der Waals surface area contributed by atoms with E-state index in [0.29, 0.717) is 11.3 Å². The van der Waals surface area contributed by atoms with Gasteiger partial charge in [0.15, 0.2) is 9.84 Å². The molecule has 0 unspecified atom stereocenters. The third-order valence-corrected chi connectivity index (χ3v) is 4.77. The van der Waals surface area contributed by atoms with Gasteiger partial charge in [-0.05, 0) is 42.9 Å². The molecule has 0 atom stereocenters. The molecule has 1 rings (SSSR count). The number of hydrogen-bond acceptors (Lipinski definition) is 2. The van der Waals surface area contributed by atoms with Crippen LogP contribution in [0, 0.1) is 6.42 Å². The zero-order valence-corrected chi connectivity index (χ0v) is 11.7. The Bertz CT molecular complexity index is 461. The van der Waals surface area contributed by atoms with Crippen molar-refractivity contribution in [3.63, 3.8) is 0 Å². The first-order valence-corrected chi connectivity index (χ1v) is 7.82. The number of aryl methyl sites for hydroxylation is 2. The molecule has 0 aliphatic rings. The summed E-state index contributed by atoms with van der Waals surface area (Å²) in [5.74, 6) is 0.210. The van der Waals surface area contributed by atoms with Gasteiger partial charge in [0.25, 0.3) is 0 Å². The van der Waals surface area contributed by atoms with E-state index < -0.39 is 9.84 Å². The van der Waals surface area contributed by atoms with Crippen LogP contribution in [-0.2, 0) is 22.7 Å². The SMILES string of the molecule is C[CH]CCS(=O)(=O)c1ccc(CC)cc1CC. The van der Waals surface area contributed by atoms with Crippen molar-refractivity contribution in [2.24, 2.45) is 0 Å². The monoisotopic (exact) mass is 253 g/mol. The molecule has 0 fully saturated rings. The summed E-state index contributed by atoms with van der Waals surface area (Å²) in [6.07, 6.45) is 4.21. The van der Waals surface area contributed by atoms with Gasteiger partial charge in [-0.1, -0.05) is 32.9 Å². The molecular formula is C14H21O2S. The van der Waals surface area contributed by atoms with Crippen molar-refractivity contribution in [1.29, 1.82) is 0 Å². The van der Waals surface area contributed by atoms with Crippen LogP contribution in [0.4, 0.5) is 0 Å². The molecule has 2 nitrogen and oxygen atoms in total. The molecule has 0 N–H and O–H groups in total. The van der Waals surface area contributed by atoms with Gasteiger partial charge in [0, 0.05) is 0 Å². The van der Waals surface area contributed by atoms with Crippen LogP contribution in [0.2, 0.25) is 0 Å². The average Bonchev–Trinajstić information content (AvgIpc) is 2.35.